The number of hydrogen-bond donors (Lipinski definition) is 1. The second kappa shape index (κ2) is 5.27. The van der Waals surface area contributed by atoms with Gasteiger partial charge in [-0.3, -0.25) is 4.79 Å². The van der Waals surface area contributed by atoms with Gasteiger partial charge in [0.1, 0.15) is 5.82 Å². The maximum absolute atomic E-state index is 12.7. The van der Waals surface area contributed by atoms with E-state index in [2.05, 4.69) is 5.32 Å². The quantitative estimate of drug-likeness (QED) is 0.851. The molecule has 0 saturated carbocycles. The minimum atomic E-state index is -0.214. The molecule has 0 radical (unpaired) electrons. The monoisotopic (exact) mass is 236 g/mol. The Bertz CT molecular complexity index is 391. The second-order valence-electron chi connectivity index (χ2n) is 4.43. The van der Waals surface area contributed by atoms with Gasteiger partial charge in [0.05, 0.1) is 6.04 Å². The average Bonchev–Trinajstić information content (AvgIpc) is 2.64. The largest absolute Gasteiger partial charge is 0.344 e. The molecule has 0 aromatic heterocycles. The number of rotatable bonds is 4. The Morgan fingerprint density at radius 1 is 1.41 bits per heavy atom. The van der Waals surface area contributed by atoms with Crippen molar-refractivity contribution in [3.05, 3.63) is 35.6 Å². The maximum Gasteiger partial charge on any atom is 0.239 e. The van der Waals surface area contributed by atoms with Crippen LogP contribution in [0.25, 0.3) is 0 Å². The van der Waals surface area contributed by atoms with Crippen molar-refractivity contribution in [1.29, 1.82) is 0 Å². The lowest BCUT2D eigenvalue weighted by atomic mass is 10.1. The Kier molecular flexibility index (Phi) is 3.74. The fourth-order valence-corrected chi connectivity index (χ4v) is 2.05. The van der Waals surface area contributed by atoms with E-state index in [0.29, 0.717) is 0 Å². The van der Waals surface area contributed by atoms with Crippen LogP contribution in [-0.2, 0) is 11.2 Å². The van der Waals surface area contributed by atoms with Crippen molar-refractivity contribution in [2.24, 2.45) is 0 Å². The van der Waals surface area contributed by atoms with Crippen LogP contribution in [0.15, 0.2) is 24.3 Å². The molecular formula is C13H17FN2O. The standard InChI is InChI=1S/C13H17FN2O/c1-16-9-7-12(13(16)17)15-8-6-10-2-4-11(14)5-3-10/h2-5,12,15H,6-9H2,1H3. The second-order valence-corrected chi connectivity index (χ2v) is 4.43. The molecule has 0 aliphatic carbocycles. The molecule has 1 amide bonds. The molecule has 4 heteroatoms. The summed E-state index contributed by atoms with van der Waals surface area (Å²) in [5, 5.41) is 3.24. The molecule has 1 N–H and O–H groups in total. The van der Waals surface area contributed by atoms with Crippen LogP contribution in [0.1, 0.15) is 12.0 Å². The van der Waals surface area contributed by atoms with Crippen LogP contribution >= 0.6 is 0 Å². The third kappa shape index (κ3) is 3.03. The van der Waals surface area contributed by atoms with E-state index >= 15 is 0 Å². The van der Waals surface area contributed by atoms with Crippen LogP contribution in [0.2, 0.25) is 0 Å². The predicted octanol–water partition coefficient (Wildman–Crippen LogP) is 1.19. The molecule has 1 aromatic carbocycles. The number of likely N-dealkylation sites (tertiary alicyclic amines) is 1. The highest BCUT2D eigenvalue weighted by Gasteiger charge is 2.27. The van der Waals surface area contributed by atoms with Gasteiger partial charge in [-0.2, -0.15) is 0 Å². The Labute approximate surface area is 101 Å². The molecule has 1 heterocycles. The minimum Gasteiger partial charge on any atom is -0.344 e. The smallest absolute Gasteiger partial charge is 0.239 e. The van der Waals surface area contributed by atoms with Gasteiger partial charge in [-0.15, -0.1) is 0 Å². The summed E-state index contributed by atoms with van der Waals surface area (Å²) in [4.78, 5) is 13.4. The van der Waals surface area contributed by atoms with Crippen molar-refractivity contribution < 1.29 is 9.18 Å². The highest BCUT2D eigenvalue weighted by atomic mass is 19.1. The molecule has 92 valence electrons. The third-order valence-corrected chi connectivity index (χ3v) is 3.15. The molecule has 3 nitrogen and oxygen atoms in total. The molecule has 1 saturated heterocycles. The summed E-state index contributed by atoms with van der Waals surface area (Å²) in [6.07, 6.45) is 1.69. The average molecular weight is 236 g/mol. The van der Waals surface area contributed by atoms with Gasteiger partial charge in [0, 0.05) is 13.6 Å². The fourth-order valence-electron chi connectivity index (χ4n) is 2.05. The van der Waals surface area contributed by atoms with Crippen molar-refractivity contribution >= 4 is 5.91 Å². The van der Waals surface area contributed by atoms with Gasteiger partial charge in [0.15, 0.2) is 0 Å². The Morgan fingerprint density at radius 3 is 2.71 bits per heavy atom. The summed E-state index contributed by atoms with van der Waals surface area (Å²) in [5.74, 6) is -0.0431. The zero-order chi connectivity index (χ0) is 12.3. The SMILES string of the molecule is CN1CCC(NCCc2ccc(F)cc2)C1=O. The van der Waals surface area contributed by atoms with Crippen LogP contribution in [0.3, 0.4) is 0 Å². The lowest BCUT2D eigenvalue weighted by Crippen LogP contribution is -2.37. The van der Waals surface area contributed by atoms with Gasteiger partial charge in [-0.1, -0.05) is 12.1 Å². The molecule has 0 spiro atoms. The molecule has 2 rings (SSSR count). The third-order valence-electron chi connectivity index (χ3n) is 3.15. The first-order valence-corrected chi connectivity index (χ1v) is 5.89. The Hall–Kier alpha value is -1.42. The summed E-state index contributed by atoms with van der Waals surface area (Å²) in [7, 11) is 1.82. The zero-order valence-corrected chi connectivity index (χ0v) is 9.95. The van der Waals surface area contributed by atoms with Crippen LogP contribution in [0.4, 0.5) is 4.39 Å². The van der Waals surface area contributed by atoms with Crippen molar-refractivity contribution in [2.75, 3.05) is 20.1 Å². The maximum atomic E-state index is 12.7. The topological polar surface area (TPSA) is 32.3 Å². The molecule has 0 bridgehead atoms. The number of nitrogens with one attached hydrogen (secondary N) is 1. The normalized spacial score (nSPS) is 20.0. The van der Waals surface area contributed by atoms with E-state index in [-0.39, 0.29) is 17.8 Å². The van der Waals surface area contributed by atoms with E-state index in [9.17, 15) is 9.18 Å². The number of halogens is 1. The van der Waals surface area contributed by atoms with E-state index in [4.69, 9.17) is 0 Å². The number of carbonyl (C=O) groups excluding carboxylic acids is 1. The molecule has 1 aromatic rings. The minimum absolute atomic E-state index is 0.0413. The van der Waals surface area contributed by atoms with E-state index in [1.54, 1.807) is 17.0 Å². The molecular weight excluding hydrogens is 219 g/mol. The summed E-state index contributed by atoms with van der Waals surface area (Å²) >= 11 is 0. The van der Waals surface area contributed by atoms with E-state index in [1.165, 1.54) is 12.1 Å². The number of likely N-dealkylation sites (N-methyl/N-ethyl adjacent to an activating group) is 1. The van der Waals surface area contributed by atoms with Crippen molar-refractivity contribution in [1.82, 2.24) is 10.2 Å². The van der Waals surface area contributed by atoms with Gasteiger partial charge >= 0.3 is 0 Å². The Balaban J connectivity index is 1.76. The van der Waals surface area contributed by atoms with Gasteiger partial charge in [-0.05, 0) is 37.1 Å². The lowest BCUT2D eigenvalue weighted by Gasteiger charge is -2.12. The summed E-state index contributed by atoms with van der Waals surface area (Å²) in [6.45, 7) is 1.57. The number of carbonyl (C=O) groups is 1. The summed E-state index contributed by atoms with van der Waals surface area (Å²) in [6, 6.07) is 6.44. The fraction of sp³-hybridized carbons (Fsp3) is 0.462. The molecule has 1 atom stereocenters. The summed E-state index contributed by atoms with van der Waals surface area (Å²) in [5.41, 5.74) is 1.08. The van der Waals surface area contributed by atoms with Crippen LogP contribution in [-0.4, -0.2) is 37.0 Å². The highest BCUT2D eigenvalue weighted by Crippen LogP contribution is 2.08. The lowest BCUT2D eigenvalue weighted by molar-refractivity contribution is -0.128. The first-order valence-electron chi connectivity index (χ1n) is 5.89. The molecule has 1 fully saturated rings. The first-order chi connectivity index (χ1) is 8.16. The molecule has 1 unspecified atom stereocenters. The summed E-state index contributed by atoms with van der Waals surface area (Å²) < 4.78 is 12.7. The number of amides is 1. The van der Waals surface area contributed by atoms with Crippen molar-refractivity contribution in [3.8, 4) is 0 Å². The van der Waals surface area contributed by atoms with Crippen molar-refractivity contribution in [3.63, 3.8) is 0 Å². The van der Waals surface area contributed by atoms with Crippen LogP contribution in [0, 0.1) is 5.82 Å². The number of benzene rings is 1. The number of nitrogens with zero attached hydrogens (tertiary/aromatic N) is 1. The molecule has 1 aliphatic rings. The first kappa shape index (κ1) is 12.0. The van der Waals surface area contributed by atoms with Crippen molar-refractivity contribution in [2.45, 2.75) is 18.9 Å². The molecule has 1 aliphatic heterocycles. The van der Waals surface area contributed by atoms with E-state index < -0.39 is 0 Å². The van der Waals surface area contributed by atoms with Gasteiger partial charge in [-0.25, -0.2) is 4.39 Å². The van der Waals surface area contributed by atoms with Crippen LogP contribution < -0.4 is 5.32 Å². The zero-order valence-electron chi connectivity index (χ0n) is 9.95. The highest BCUT2D eigenvalue weighted by molar-refractivity contribution is 5.83. The van der Waals surface area contributed by atoms with Gasteiger partial charge in [0.25, 0.3) is 0 Å². The number of hydrogen-bond acceptors (Lipinski definition) is 2. The Morgan fingerprint density at radius 2 is 2.12 bits per heavy atom. The van der Waals surface area contributed by atoms with Gasteiger partial charge < -0.3 is 10.2 Å². The van der Waals surface area contributed by atoms with E-state index in [1.807, 2.05) is 7.05 Å². The van der Waals surface area contributed by atoms with Gasteiger partial charge in [0.2, 0.25) is 5.91 Å². The van der Waals surface area contributed by atoms with Crippen LogP contribution in [0.5, 0.6) is 0 Å². The molecule has 17 heavy (non-hydrogen) atoms. The predicted molar refractivity (Wildman–Crippen MR) is 64.1 cm³/mol. The van der Waals surface area contributed by atoms with E-state index in [0.717, 1.165) is 31.5 Å².